The van der Waals surface area contributed by atoms with E-state index >= 15 is 0 Å². The zero-order chi connectivity index (χ0) is 7.72. The third-order valence-corrected chi connectivity index (χ3v) is 2.17. The van der Waals surface area contributed by atoms with Crippen molar-refractivity contribution >= 4 is 0 Å². The van der Waals surface area contributed by atoms with E-state index in [1.54, 1.807) is 0 Å². The normalized spacial score (nSPS) is 19.5. The van der Waals surface area contributed by atoms with Crippen molar-refractivity contribution in [2.75, 3.05) is 13.6 Å². The van der Waals surface area contributed by atoms with Crippen LogP contribution < -0.4 is 5.43 Å². The molecule has 0 aromatic rings. The molecule has 0 fully saturated rings. The molecule has 1 rings (SSSR count). The fraction of sp³-hybridized carbons (Fsp3) is 0.750. The third-order valence-electron chi connectivity index (χ3n) is 2.17. The predicted molar refractivity (Wildman–Crippen MR) is 43.3 cm³/mol. The Balaban J connectivity index is 2.75. The van der Waals surface area contributed by atoms with E-state index in [-0.39, 0.29) is 0 Å². The molecular formula is C8H16N2. The lowest BCUT2D eigenvalue weighted by molar-refractivity contribution is 0.346. The summed E-state index contributed by atoms with van der Waals surface area (Å²) in [6, 6.07) is 0. The van der Waals surface area contributed by atoms with E-state index in [1.165, 1.54) is 11.3 Å². The molecule has 0 bridgehead atoms. The van der Waals surface area contributed by atoms with Crippen LogP contribution in [-0.4, -0.2) is 18.6 Å². The topological polar surface area (TPSA) is 15.3 Å². The van der Waals surface area contributed by atoms with Crippen LogP contribution in [0.3, 0.4) is 0 Å². The summed E-state index contributed by atoms with van der Waals surface area (Å²) in [5, 5.41) is 2.09. The van der Waals surface area contributed by atoms with Gasteiger partial charge in [-0.15, -0.1) is 0 Å². The van der Waals surface area contributed by atoms with Gasteiger partial charge in [-0.3, -0.25) is 0 Å². The van der Waals surface area contributed by atoms with E-state index in [0.717, 1.165) is 6.54 Å². The van der Waals surface area contributed by atoms with E-state index in [0.29, 0.717) is 5.92 Å². The Morgan fingerprint density at radius 3 is 2.30 bits per heavy atom. The SMILES string of the molecule is CC1=C(C(C)C)CNN1C. The molecular weight excluding hydrogens is 124 g/mol. The number of hydrogen-bond acceptors (Lipinski definition) is 2. The summed E-state index contributed by atoms with van der Waals surface area (Å²) in [5.74, 6) is 0.678. The van der Waals surface area contributed by atoms with Crippen LogP contribution in [0.5, 0.6) is 0 Å². The van der Waals surface area contributed by atoms with Crippen LogP contribution in [0.4, 0.5) is 0 Å². The molecule has 1 heterocycles. The lowest BCUT2D eigenvalue weighted by Crippen LogP contribution is -2.26. The fourth-order valence-electron chi connectivity index (χ4n) is 1.29. The highest BCUT2D eigenvalue weighted by atomic mass is 15.5. The molecule has 2 heteroatoms. The second-order valence-corrected chi connectivity index (χ2v) is 3.16. The summed E-state index contributed by atoms with van der Waals surface area (Å²) >= 11 is 0. The van der Waals surface area contributed by atoms with Crippen LogP contribution in [-0.2, 0) is 0 Å². The maximum atomic E-state index is 3.26. The van der Waals surface area contributed by atoms with Gasteiger partial charge in [0.25, 0.3) is 0 Å². The standard InChI is InChI=1S/C8H16N2/c1-6(2)8-5-9-10(4)7(8)3/h6,9H,5H2,1-4H3. The van der Waals surface area contributed by atoms with Gasteiger partial charge in [-0.25, -0.2) is 5.43 Å². The van der Waals surface area contributed by atoms with Gasteiger partial charge in [0.15, 0.2) is 0 Å². The van der Waals surface area contributed by atoms with Crippen LogP contribution in [0.2, 0.25) is 0 Å². The Morgan fingerprint density at radius 2 is 2.10 bits per heavy atom. The summed E-state index contributed by atoms with van der Waals surface area (Å²) in [7, 11) is 2.06. The first-order chi connectivity index (χ1) is 4.63. The van der Waals surface area contributed by atoms with Gasteiger partial charge in [-0.2, -0.15) is 0 Å². The molecule has 0 aromatic carbocycles. The molecule has 0 spiro atoms. The molecule has 0 amide bonds. The maximum Gasteiger partial charge on any atom is 0.0383 e. The van der Waals surface area contributed by atoms with Crippen molar-refractivity contribution in [3.05, 3.63) is 11.3 Å². The van der Waals surface area contributed by atoms with Gasteiger partial charge >= 0.3 is 0 Å². The molecule has 0 aromatic heterocycles. The summed E-state index contributed by atoms with van der Waals surface area (Å²) < 4.78 is 0. The highest BCUT2D eigenvalue weighted by molar-refractivity contribution is 5.18. The van der Waals surface area contributed by atoms with Crippen LogP contribution in [0.15, 0.2) is 11.3 Å². The van der Waals surface area contributed by atoms with Gasteiger partial charge in [0.05, 0.1) is 0 Å². The van der Waals surface area contributed by atoms with Crippen LogP contribution in [0.1, 0.15) is 20.8 Å². The largest absolute Gasteiger partial charge is 0.316 e. The Kier molecular flexibility index (Phi) is 2.00. The Hall–Kier alpha value is -0.500. The maximum absolute atomic E-state index is 3.26. The molecule has 0 unspecified atom stereocenters. The second-order valence-electron chi connectivity index (χ2n) is 3.16. The Morgan fingerprint density at radius 1 is 1.50 bits per heavy atom. The third kappa shape index (κ3) is 1.16. The fourth-order valence-corrected chi connectivity index (χ4v) is 1.29. The van der Waals surface area contributed by atoms with Gasteiger partial charge in [0.1, 0.15) is 0 Å². The summed E-state index contributed by atoms with van der Waals surface area (Å²) in [4.78, 5) is 0. The highest BCUT2D eigenvalue weighted by Gasteiger charge is 2.16. The molecule has 0 radical (unpaired) electrons. The van der Waals surface area contributed by atoms with E-state index in [2.05, 4.69) is 38.3 Å². The van der Waals surface area contributed by atoms with Crippen LogP contribution in [0.25, 0.3) is 0 Å². The monoisotopic (exact) mass is 140 g/mol. The van der Waals surface area contributed by atoms with E-state index in [4.69, 9.17) is 0 Å². The van der Waals surface area contributed by atoms with E-state index in [1.807, 2.05) is 0 Å². The molecule has 0 saturated heterocycles. The van der Waals surface area contributed by atoms with Gasteiger partial charge in [-0.1, -0.05) is 13.8 Å². The first-order valence-electron chi connectivity index (χ1n) is 3.79. The van der Waals surface area contributed by atoms with Crippen LogP contribution >= 0.6 is 0 Å². The molecule has 10 heavy (non-hydrogen) atoms. The van der Waals surface area contributed by atoms with Crippen molar-refractivity contribution in [1.82, 2.24) is 10.4 Å². The number of nitrogens with one attached hydrogen (secondary N) is 1. The molecule has 0 aliphatic carbocycles. The highest BCUT2D eigenvalue weighted by Crippen LogP contribution is 2.19. The zero-order valence-corrected chi connectivity index (χ0v) is 7.23. The molecule has 1 aliphatic rings. The predicted octanol–water partition coefficient (Wildman–Crippen LogP) is 1.37. The van der Waals surface area contributed by atoms with E-state index < -0.39 is 0 Å². The van der Waals surface area contributed by atoms with Crippen molar-refractivity contribution in [2.24, 2.45) is 5.92 Å². The number of hydrazine groups is 1. The summed E-state index contributed by atoms with van der Waals surface area (Å²) in [5.41, 5.74) is 6.17. The van der Waals surface area contributed by atoms with Crippen molar-refractivity contribution in [2.45, 2.75) is 20.8 Å². The molecule has 1 N–H and O–H groups in total. The van der Waals surface area contributed by atoms with Crippen molar-refractivity contribution in [3.8, 4) is 0 Å². The molecule has 2 nitrogen and oxygen atoms in total. The number of allylic oxidation sites excluding steroid dienone is 1. The molecule has 58 valence electrons. The lowest BCUT2D eigenvalue weighted by Gasteiger charge is -2.12. The Bertz CT molecular complexity index is 159. The van der Waals surface area contributed by atoms with E-state index in [9.17, 15) is 0 Å². The van der Waals surface area contributed by atoms with Crippen molar-refractivity contribution < 1.29 is 0 Å². The van der Waals surface area contributed by atoms with Gasteiger partial charge < -0.3 is 5.01 Å². The van der Waals surface area contributed by atoms with Gasteiger partial charge in [-0.05, 0) is 18.4 Å². The van der Waals surface area contributed by atoms with Crippen molar-refractivity contribution in [1.29, 1.82) is 0 Å². The van der Waals surface area contributed by atoms with Crippen molar-refractivity contribution in [3.63, 3.8) is 0 Å². The summed E-state index contributed by atoms with van der Waals surface area (Å²) in [6.45, 7) is 7.66. The zero-order valence-electron chi connectivity index (χ0n) is 7.23. The smallest absolute Gasteiger partial charge is 0.0383 e. The minimum absolute atomic E-state index is 0.678. The average molecular weight is 140 g/mol. The molecule has 0 saturated carbocycles. The molecule has 1 aliphatic heterocycles. The lowest BCUT2D eigenvalue weighted by atomic mass is 10.0. The first kappa shape index (κ1) is 7.61. The number of hydrogen-bond donors (Lipinski definition) is 1. The number of rotatable bonds is 1. The summed E-state index contributed by atoms with van der Waals surface area (Å²) in [6.07, 6.45) is 0. The minimum atomic E-state index is 0.678. The number of nitrogens with zero attached hydrogens (tertiary/aromatic N) is 1. The minimum Gasteiger partial charge on any atom is -0.316 e. The average Bonchev–Trinajstić information content (AvgIpc) is 2.14. The molecule has 0 atom stereocenters. The van der Waals surface area contributed by atoms with Gasteiger partial charge in [0.2, 0.25) is 0 Å². The second kappa shape index (κ2) is 2.62. The van der Waals surface area contributed by atoms with Crippen LogP contribution in [0, 0.1) is 5.92 Å². The Labute approximate surface area is 62.9 Å². The quantitative estimate of drug-likeness (QED) is 0.591. The van der Waals surface area contributed by atoms with Gasteiger partial charge in [0, 0.05) is 19.3 Å². The first-order valence-corrected chi connectivity index (χ1v) is 3.79.